The van der Waals surface area contributed by atoms with Crippen LogP contribution in [0.3, 0.4) is 0 Å². The van der Waals surface area contributed by atoms with E-state index >= 15 is 0 Å². The number of carboxylic acids is 1. The number of nitrogens with one attached hydrogen (secondary N) is 4. The van der Waals surface area contributed by atoms with E-state index in [0.717, 1.165) is 6.42 Å². The van der Waals surface area contributed by atoms with Crippen molar-refractivity contribution in [2.45, 2.75) is 69.1 Å². The van der Waals surface area contributed by atoms with Crippen molar-refractivity contribution in [2.24, 2.45) is 17.2 Å². The number of amides is 5. The van der Waals surface area contributed by atoms with E-state index < -0.39 is 72.5 Å². The van der Waals surface area contributed by atoms with Crippen LogP contribution in [0.15, 0.2) is 0 Å². The van der Waals surface area contributed by atoms with Crippen LogP contribution in [0.25, 0.3) is 0 Å². The molecule has 1 rings (SSSR count). The molecular weight excluding hydrogens is 438 g/mol. The summed E-state index contributed by atoms with van der Waals surface area (Å²) in [5.74, 6) is -5.43. The van der Waals surface area contributed by atoms with Gasteiger partial charge in [-0.3, -0.25) is 24.0 Å². The van der Waals surface area contributed by atoms with Gasteiger partial charge in [0.2, 0.25) is 29.5 Å². The number of rotatable bonds is 15. The Bertz CT molecular complexity index is 740. The third kappa shape index (κ3) is 10.3. The third-order valence-electron chi connectivity index (χ3n) is 5.01. The summed E-state index contributed by atoms with van der Waals surface area (Å²) in [4.78, 5) is 71.8. The van der Waals surface area contributed by atoms with Gasteiger partial charge < -0.3 is 43.6 Å². The highest BCUT2D eigenvalue weighted by Crippen LogP contribution is 2.07. The van der Waals surface area contributed by atoms with Crippen LogP contribution in [0.1, 0.15) is 44.9 Å². The van der Waals surface area contributed by atoms with E-state index in [-0.39, 0.29) is 6.42 Å². The summed E-state index contributed by atoms with van der Waals surface area (Å²) in [7, 11) is 0. The van der Waals surface area contributed by atoms with Crippen LogP contribution in [0, 0.1) is 0 Å². The van der Waals surface area contributed by atoms with Crippen LogP contribution >= 0.6 is 0 Å². The molecule has 0 aliphatic carbocycles. The highest BCUT2D eigenvalue weighted by atomic mass is 16.4. The van der Waals surface area contributed by atoms with Gasteiger partial charge in [0.15, 0.2) is 0 Å². The molecule has 0 bridgehead atoms. The highest BCUT2D eigenvalue weighted by molar-refractivity contribution is 5.96. The van der Waals surface area contributed by atoms with Gasteiger partial charge in [0.1, 0.15) is 18.1 Å². The number of nitrogens with two attached hydrogens (primary N) is 3. The molecule has 1 fully saturated rings. The summed E-state index contributed by atoms with van der Waals surface area (Å²) >= 11 is 0. The van der Waals surface area contributed by atoms with Gasteiger partial charge in [0.05, 0.1) is 18.9 Å². The lowest BCUT2D eigenvalue weighted by Crippen LogP contribution is -2.57. The van der Waals surface area contributed by atoms with Crippen molar-refractivity contribution >= 4 is 35.5 Å². The van der Waals surface area contributed by atoms with Gasteiger partial charge in [0, 0.05) is 0 Å². The lowest BCUT2D eigenvalue weighted by atomic mass is 10.1. The molecular formula is C19H33N7O7. The minimum absolute atomic E-state index is 0.0963. The molecule has 5 amide bonds. The first-order valence-electron chi connectivity index (χ1n) is 10.7. The maximum absolute atomic E-state index is 12.8. The lowest BCUT2D eigenvalue weighted by Gasteiger charge is -2.24. The second-order valence-corrected chi connectivity index (χ2v) is 7.80. The maximum atomic E-state index is 12.8. The number of hydrogen-bond donors (Lipinski definition) is 8. The Kier molecular flexibility index (Phi) is 11.8. The molecule has 1 saturated heterocycles. The summed E-state index contributed by atoms with van der Waals surface area (Å²) in [6, 6.07) is -4.64. The summed E-state index contributed by atoms with van der Waals surface area (Å²) in [5.41, 5.74) is 15.7. The Hall–Kier alpha value is -3.26. The van der Waals surface area contributed by atoms with Crippen LogP contribution in [-0.2, 0) is 28.8 Å². The van der Waals surface area contributed by atoms with E-state index in [1.807, 2.05) is 0 Å². The summed E-state index contributed by atoms with van der Waals surface area (Å²) in [6.45, 7) is 0.973. The van der Waals surface area contributed by atoms with Crippen molar-refractivity contribution in [3.8, 4) is 0 Å². The van der Waals surface area contributed by atoms with Crippen molar-refractivity contribution in [1.29, 1.82) is 0 Å². The Labute approximate surface area is 190 Å². The second kappa shape index (κ2) is 14.0. The first kappa shape index (κ1) is 27.8. The number of hydrogen-bond acceptors (Lipinski definition) is 8. The molecule has 0 aromatic heterocycles. The van der Waals surface area contributed by atoms with Crippen LogP contribution in [0.5, 0.6) is 0 Å². The average Bonchev–Trinajstić information content (AvgIpc) is 3.26. The SMILES string of the molecule is NCCCCC(NC(=O)C(CC(N)=O)NC(=O)C1CCCN1)C(=O)NC(CC(N)=O)C(=O)O. The Morgan fingerprint density at radius 3 is 1.97 bits per heavy atom. The van der Waals surface area contributed by atoms with Crippen molar-refractivity contribution in [1.82, 2.24) is 21.3 Å². The van der Waals surface area contributed by atoms with Gasteiger partial charge in [-0.05, 0) is 45.2 Å². The minimum Gasteiger partial charge on any atom is -0.480 e. The zero-order valence-electron chi connectivity index (χ0n) is 18.3. The van der Waals surface area contributed by atoms with Gasteiger partial charge >= 0.3 is 5.97 Å². The molecule has 0 aromatic rings. The third-order valence-corrected chi connectivity index (χ3v) is 5.01. The van der Waals surface area contributed by atoms with E-state index in [2.05, 4.69) is 21.3 Å². The smallest absolute Gasteiger partial charge is 0.326 e. The van der Waals surface area contributed by atoms with Crippen molar-refractivity contribution in [3.05, 3.63) is 0 Å². The minimum atomic E-state index is -1.58. The van der Waals surface area contributed by atoms with Gasteiger partial charge in [-0.25, -0.2) is 4.79 Å². The highest BCUT2D eigenvalue weighted by Gasteiger charge is 2.32. The molecule has 4 atom stereocenters. The number of primary amides is 2. The van der Waals surface area contributed by atoms with Gasteiger partial charge in [-0.1, -0.05) is 0 Å². The number of carbonyl (C=O) groups excluding carboxylic acids is 5. The average molecular weight is 472 g/mol. The maximum Gasteiger partial charge on any atom is 0.326 e. The van der Waals surface area contributed by atoms with Crippen LogP contribution < -0.4 is 38.5 Å². The number of carbonyl (C=O) groups is 6. The van der Waals surface area contributed by atoms with E-state index in [0.29, 0.717) is 32.4 Å². The largest absolute Gasteiger partial charge is 0.480 e. The number of aliphatic carboxylic acids is 1. The molecule has 0 saturated carbocycles. The van der Waals surface area contributed by atoms with E-state index in [1.54, 1.807) is 0 Å². The monoisotopic (exact) mass is 471 g/mol. The summed E-state index contributed by atoms with van der Waals surface area (Å²) < 4.78 is 0. The van der Waals surface area contributed by atoms with E-state index in [1.165, 1.54) is 0 Å². The standard InChI is InChI=1S/C19H33N7O7/c20-6-2-1-4-11(17(30)26-13(19(32)33)9-15(22)28)24-18(31)12(8-14(21)27)25-16(29)10-5-3-7-23-10/h10-13,23H,1-9,20H2,(H2,21,27)(H2,22,28)(H,24,31)(H,25,29)(H,26,30)(H,32,33). The number of carboxylic acid groups (broad SMARTS) is 1. The lowest BCUT2D eigenvalue weighted by molar-refractivity contribution is -0.144. The topological polar surface area (TPSA) is 249 Å². The van der Waals surface area contributed by atoms with Gasteiger partial charge in [0.25, 0.3) is 0 Å². The molecule has 0 radical (unpaired) electrons. The fraction of sp³-hybridized carbons (Fsp3) is 0.684. The molecule has 0 aromatic carbocycles. The summed E-state index contributed by atoms with van der Waals surface area (Å²) in [6.07, 6.45) is 1.25. The van der Waals surface area contributed by atoms with Crippen molar-refractivity contribution < 1.29 is 33.9 Å². The second-order valence-electron chi connectivity index (χ2n) is 7.80. The van der Waals surface area contributed by atoms with Crippen LogP contribution in [0.2, 0.25) is 0 Å². The van der Waals surface area contributed by atoms with Crippen LogP contribution in [-0.4, -0.2) is 77.9 Å². The Balaban J connectivity index is 2.93. The van der Waals surface area contributed by atoms with E-state index in [4.69, 9.17) is 17.2 Å². The first-order chi connectivity index (χ1) is 15.5. The molecule has 14 nitrogen and oxygen atoms in total. The predicted octanol–water partition coefficient (Wildman–Crippen LogP) is -3.84. The normalized spacial score (nSPS) is 17.9. The quantitative estimate of drug-likeness (QED) is 0.109. The van der Waals surface area contributed by atoms with Crippen LogP contribution in [0.4, 0.5) is 0 Å². The fourth-order valence-electron chi connectivity index (χ4n) is 3.30. The molecule has 1 aliphatic rings. The van der Waals surface area contributed by atoms with Gasteiger partial charge in [-0.2, -0.15) is 0 Å². The van der Waals surface area contributed by atoms with Gasteiger partial charge in [-0.15, -0.1) is 0 Å². The van der Waals surface area contributed by atoms with Crippen molar-refractivity contribution in [3.63, 3.8) is 0 Å². The Morgan fingerprint density at radius 2 is 1.45 bits per heavy atom. The number of unbranched alkanes of at least 4 members (excludes halogenated alkanes) is 1. The molecule has 1 heterocycles. The molecule has 0 spiro atoms. The predicted molar refractivity (Wildman–Crippen MR) is 115 cm³/mol. The summed E-state index contributed by atoms with van der Waals surface area (Å²) in [5, 5.41) is 19.2. The zero-order chi connectivity index (χ0) is 25.0. The molecule has 33 heavy (non-hydrogen) atoms. The molecule has 4 unspecified atom stereocenters. The first-order valence-corrected chi connectivity index (χ1v) is 10.7. The molecule has 11 N–H and O–H groups in total. The molecule has 1 aliphatic heterocycles. The molecule has 186 valence electrons. The fourth-order valence-corrected chi connectivity index (χ4v) is 3.30. The van der Waals surface area contributed by atoms with Crippen molar-refractivity contribution in [2.75, 3.05) is 13.1 Å². The molecule has 14 heteroatoms. The van der Waals surface area contributed by atoms with E-state index in [9.17, 15) is 33.9 Å². The zero-order valence-corrected chi connectivity index (χ0v) is 18.3. The Morgan fingerprint density at radius 1 is 0.879 bits per heavy atom.